The predicted molar refractivity (Wildman–Crippen MR) is 131 cm³/mol. The van der Waals surface area contributed by atoms with Crippen molar-refractivity contribution in [2.75, 3.05) is 27.3 Å². The van der Waals surface area contributed by atoms with Gasteiger partial charge in [-0.3, -0.25) is 0 Å². The van der Waals surface area contributed by atoms with Crippen molar-refractivity contribution >= 4 is 6.09 Å². The maximum Gasteiger partial charge on any atom is 0.410 e. The molecule has 2 aromatic heterocycles. The van der Waals surface area contributed by atoms with E-state index >= 15 is 0 Å². The van der Waals surface area contributed by atoms with Crippen molar-refractivity contribution in [1.82, 2.24) is 19.7 Å². The molecule has 0 spiro atoms. The summed E-state index contributed by atoms with van der Waals surface area (Å²) in [6, 6.07) is 13.1. The number of methoxy groups -OCH3 is 2. The third-order valence-electron chi connectivity index (χ3n) is 5.99. The van der Waals surface area contributed by atoms with E-state index in [0.29, 0.717) is 37.5 Å². The Morgan fingerprint density at radius 2 is 1.71 bits per heavy atom. The Bertz CT molecular complexity index is 1090. The molecule has 1 saturated heterocycles. The molecule has 1 N–H and O–H groups in total. The van der Waals surface area contributed by atoms with E-state index in [1.54, 1.807) is 36.1 Å². The number of carbonyl (C=O) groups excluding carboxylic acids is 1. The Morgan fingerprint density at radius 1 is 1.03 bits per heavy atom. The Hall–Kier alpha value is -3.59. The van der Waals surface area contributed by atoms with Crippen LogP contribution in [0.4, 0.5) is 4.79 Å². The number of hydrogen-bond donors (Lipinski definition) is 1. The molecule has 1 aliphatic rings. The lowest BCUT2D eigenvalue weighted by atomic mass is 9.88. The second kappa shape index (κ2) is 9.58. The number of aromatic nitrogens is 3. The zero-order valence-corrected chi connectivity index (χ0v) is 20.8. The molecular weight excluding hydrogens is 448 g/mol. The lowest BCUT2D eigenvalue weighted by Crippen LogP contribution is -2.47. The summed E-state index contributed by atoms with van der Waals surface area (Å²) in [4.78, 5) is 18.4. The van der Waals surface area contributed by atoms with Gasteiger partial charge in [0.05, 0.1) is 31.3 Å². The monoisotopic (exact) mass is 480 g/mol. The van der Waals surface area contributed by atoms with E-state index in [9.17, 15) is 9.90 Å². The molecule has 4 rings (SSSR count). The number of nitrogens with zero attached hydrogens (tertiary/aromatic N) is 4. The SMILES string of the molecule is COc1ccc(-n2nc(C3(O)CCN(C(=O)OC(C)(C)C)CC3)cc2-c2ccc(OC)nc2)cc1. The molecule has 0 aliphatic carbocycles. The Kier molecular flexibility index (Phi) is 6.71. The van der Waals surface area contributed by atoms with Crippen LogP contribution >= 0.6 is 0 Å². The van der Waals surface area contributed by atoms with Gasteiger partial charge in [-0.2, -0.15) is 5.10 Å². The Labute approximate surface area is 205 Å². The largest absolute Gasteiger partial charge is 0.497 e. The molecular formula is C26H32N4O5. The fourth-order valence-corrected chi connectivity index (χ4v) is 4.03. The molecule has 0 radical (unpaired) electrons. The average molecular weight is 481 g/mol. The summed E-state index contributed by atoms with van der Waals surface area (Å²) < 4.78 is 17.8. The van der Waals surface area contributed by atoms with Crippen LogP contribution in [0.25, 0.3) is 16.9 Å². The number of piperidine rings is 1. The fraction of sp³-hybridized carbons (Fsp3) is 0.423. The van der Waals surface area contributed by atoms with Crippen LogP contribution in [-0.2, 0) is 10.3 Å². The smallest absolute Gasteiger partial charge is 0.410 e. The first-order chi connectivity index (χ1) is 16.6. The highest BCUT2D eigenvalue weighted by atomic mass is 16.6. The molecule has 1 aromatic carbocycles. The first kappa shape index (κ1) is 24.5. The Morgan fingerprint density at radius 3 is 2.26 bits per heavy atom. The lowest BCUT2D eigenvalue weighted by Gasteiger charge is -2.37. The molecule has 1 fully saturated rings. The molecule has 1 amide bonds. The second-order valence-corrected chi connectivity index (χ2v) is 9.61. The van der Waals surface area contributed by atoms with Gasteiger partial charge in [0, 0.05) is 30.9 Å². The molecule has 9 heteroatoms. The minimum Gasteiger partial charge on any atom is -0.497 e. The number of benzene rings is 1. The second-order valence-electron chi connectivity index (χ2n) is 9.61. The molecule has 0 bridgehead atoms. The van der Waals surface area contributed by atoms with Gasteiger partial charge in [-0.25, -0.2) is 14.5 Å². The topological polar surface area (TPSA) is 98.9 Å². The third kappa shape index (κ3) is 5.40. The first-order valence-electron chi connectivity index (χ1n) is 11.6. The van der Waals surface area contributed by atoms with E-state index in [1.165, 1.54) is 0 Å². The minimum absolute atomic E-state index is 0.353. The normalized spacial score (nSPS) is 15.5. The van der Waals surface area contributed by atoms with Crippen LogP contribution in [-0.4, -0.2) is 63.8 Å². The van der Waals surface area contributed by atoms with Crippen LogP contribution in [0, 0.1) is 0 Å². The number of ether oxygens (including phenoxy) is 3. The van der Waals surface area contributed by atoms with Crippen LogP contribution in [0.3, 0.4) is 0 Å². The summed E-state index contributed by atoms with van der Waals surface area (Å²) in [5, 5.41) is 16.4. The highest BCUT2D eigenvalue weighted by Gasteiger charge is 2.39. The number of aliphatic hydroxyl groups is 1. The molecule has 0 atom stereocenters. The summed E-state index contributed by atoms with van der Waals surface area (Å²) in [6.07, 6.45) is 2.06. The highest BCUT2D eigenvalue weighted by molar-refractivity contribution is 5.68. The number of carbonyl (C=O) groups is 1. The van der Waals surface area contributed by atoms with Gasteiger partial charge in [0.1, 0.15) is 17.0 Å². The summed E-state index contributed by atoms with van der Waals surface area (Å²) >= 11 is 0. The molecule has 3 aromatic rings. The van der Waals surface area contributed by atoms with Gasteiger partial charge in [-0.15, -0.1) is 0 Å². The van der Waals surface area contributed by atoms with E-state index in [2.05, 4.69) is 4.98 Å². The average Bonchev–Trinajstić information content (AvgIpc) is 3.30. The Balaban J connectivity index is 1.65. The van der Waals surface area contributed by atoms with Gasteiger partial charge in [0.25, 0.3) is 0 Å². The maximum absolute atomic E-state index is 12.5. The molecule has 9 nitrogen and oxygen atoms in total. The van der Waals surface area contributed by atoms with Crippen molar-refractivity contribution in [2.24, 2.45) is 0 Å². The van der Waals surface area contributed by atoms with Crippen molar-refractivity contribution in [3.05, 3.63) is 54.4 Å². The quantitative estimate of drug-likeness (QED) is 0.585. The van der Waals surface area contributed by atoms with E-state index in [-0.39, 0.29) is 6.09 Å². The summed E-state index contributed by atoms with van der Waals surface area (Å²) in [5.74, 6) is 1.25. The van der Waals surface area contributed by atoms with Crippen LogP contribution in [0.1, 0.15) is 39.3 Å². The van der Waals surface area contributed by atoms with Gasteiger partial charge in [-0.1, -0.05) is 0 Å². The van der Waals surface area contributed by atoms with Crippen molar-refractivity contribution < 1.29 is 24.1 Å². The van der Waals surface area contributed by atoms with Crippen LogP contribution in [0.5, 0.6) is 11.6 Å². The van der Waals surface area contributed by atoms with Crippen LogP contribution < -0.4 is 9.47 Å². The summed E-state index contributed by atoms with van der Waals surface area (Å²) in [6.45, 7) is 6.27. The molecule has 35 heavy (non-hydrogen) atoms. The zero-order chi connectivity index (χ0) is 25.2. The van der Waals surface area contributed by atoms with Crippen molar-refractivity contribution in [3.63, 3.8) is 0 Å². The first-order valence-corrected chi connectivity index (χ1v) is 11.6. The van der Waals surface area contributed by atoms with Crippen molar-refractivity contribution in [3.8, 4) is 28.6 Å². The van der Waals surface area contributed by atoms with Gasteiger partial charge >= 0.3 is 6.09 Å². The van der Waals surface area contributed by atoms with E-state index in [4.69, 9.17) is 19.3 Å². The number of likely N-dealkylation sites (tertiary alicyclic amines) is 1. The number of rotatable bonds is 5. The fourth-order valence-electron chi connectivity index (χ4n) is 4.03. The van der Waals surface area contributed by atoms with Gasteiger partial charge in [0.15, 0.2) is 0 Å². The van der Waals surface area contributed by atoms with E-state index < -0.39 is 11.2 Å². The van der Waals surface area contributed by atoms with Gasteiger partial charge in [-0.05, 0) is 70.0 Å². The molecule has 186 valence electrons. The number of hydrogen-bond acceptors (Lipinski definition) is 7. The third-order valence-corrected chi connectivity index (χ3v) is 5.99. The summed E-state index contributed by atoms with van der Waals surface area (Å²) in [5.41, 5.74) is 1.23. The zero-order valence-electron chi connectivity index (χ0n) is 20.8. The summed E-state index contributed by atoms with van der Waals surface area (Å²) in [7, 11) is 3.19. The lowest BCUT2D eigenvalue weighted by molar-refractivity contribution is -0.0383. The minimum atomic E-state index is -1.18. The van der Waals surface area contributed by atoms with Crippen molar-refractivity contribution in [1.29, 1.82) is 0 Å². The molecule has 1 aliphatic heterocycles. The molecule has 0 unspecified atom stereocenters. The standard InChI is InChI=1S/C26H32N4O5/c1-25(2,3)35-24(31)29-14-12-26(32,13-15-29)22-16-21(18-6-11-23(34-5)27-17-18)30(28-22)19-7-9-20(33-4)10-8-19/h6-11,16-17,32H,12-15H2,1-5H3. The highest BCUT2D eigenvalue weighted by Crippen LogP contribution is 2.36. The predicted octanol–water partition coefficient (Wildman–Crippen LogP) is 4.17. The molecule has 0 saturated carbocycles. The van der Waals surface area contributed by atoms with E-state index in [1.807, 2.05) is 57.2 Å². The molecule has 3 heterocycles. The van der Waals surface area contributed by atoms with Gasteiger partial charge < -0.3 is 24.2 Å². The van der Waals surface area contributed by atoms with Crippen LogP contribution in [0.2, 0.25) is 0 Å². The van der Waals surface area contributed by atoms with E-state index in [0.717, 1.165) is 22.7 Å². The number of pyridine rings is 1. The maximum atomic E-state index is 12.5. The van der Waals surface area contributed by atoms with Crippen molar-refractivity contribution in [2.45, 2.75) is 44.8 Å². The van der Waals surface area contributed by atoms with Gasteiger partial charge in [0.2, 0.25) is 5.88 Å². The number of amides is 1. The van der Waals surface area contributed by atoms with Crippen LogP contribution in [0.15, 0.2) is 48.7 Å².